The topological polar surface area (TPSA) is 35.2 Å². The van der Waals surface area contributed by atoms with Crippen molar-refractivity contribution in [2.75, 3.05) is 13.2 Å². The summed E-state index contributed by atoms with van der Waals surface area (Å²) in [4.78, 5) is 0. The van der Waals surface area contributed by atoms with Gasteiger partial charge in [-0.3, -0.25) is 0 Å². The third kappa shape index (κ3) is 9.92. The van der Waals surface area contributed by atoms with E-state index in [0.717, 1.165) is 19.6 Å². The molecule has 0 aromatic carbocycles. The van der Waals surface area contributed by atoms with Gasteiger partial charge in [-0.1, -0.05) is 19.8 Å². The first kappa shape index (κ1) is 10.9. The van der Waals surface area contributed by atoms with Gasteiger partial charge in [-0.25, -0.2) is 0 Å². The highest BCUT2D eigenvalue weighted by molar-refractivity contribution is 4.50. The maximum Gasteiger partial charge on any atom is 0.0480 e. The molecule has 0 amide bonds. The highest BCUT2D eigenvalue weighted by Crippen LogP contribution is 1.95. The molecular formula is C9H21NO. The first-order valence-electron chi connectivity index (χ1n) is 4.60. The average Bonchev–Trinajstić information content (AvgIpc) is 1.96. The molecule has 0 saturated carbocycles. The molecular weight excluding hydrogens is 138 g/mol. The van der Waals surface area contributed by atoms with Gasteiger partial charge >= 0.3 is 0 Å². The smallest absolute Gasteiger partial charge is 0.0480 e. The van der Waals surface area contributed by atoms with Crippen molar-refractivity contribution in [1.82, 2.24) is 0 Å². The van der Waals surface area contributed by atoms with E-state index in [1.54, 1.807) is 0 Å². The van der Waals surface area contributed by atoms with Crippen LogP contribution < -0.4 is 5.73 Å². The third-order valence-corrected chi connectivity index (χ3v) is 1.61. The zero-order valence-corrected chi connectivity index (χ0v) is 7.81. The molecule has 0 aliphatic heterocycles. The van der Waals surface area contributed by atoms with Crippen molar-refractivity contribution >= 4 is 0 Å². The Bertz CT molecular complexity index is 74.0. The molecule has 11 heavy (non-hydrogen) atoms. The van der Waals surface area contributed by atoms with Crippen molar-refractivity contribution in [2.24, 2.45) is 5.73 Å². The predicted octanol–water partition coefficient (Wildman–Crippen LogP) is 1.93. The van der Waals surface area contributed by atoms with Gasteiger partial charge in [-0.15, -0.1) is 0 Å². The minimum atomic E-state index is 0.279. The molecule has 1 atom stereocenters. The quantitative estimate of drug-likeness (QED) is 0.576. The summed E-state index contributed by atoms with van der Waals surface area (Å²) in [6.45, 7) is 5.93. The molecule has 0 aliphatic rings. The largest absolute Gasteiger partial charge is 0.381 e. The lowest BCUT2D eigenvalue weighted by Crippen LogP contribution is -2.17. The minimum absolute atomic E-state index is 0.279. The van der Waals surface area contributed by atoms with E-state index in [-0.39, 0.29) is 6.04 Å². The fourth-order valence-electron chi connectivity index (χ4n) is 0.825. The van der Waals surface area contributed by atoms with Crippen molar-refractivity contribution < 1.29 is 4.74 Å². The molecule has 1 unspecified atom stereocenters. The molecule has 0 aromatic heterocycles. The second-order valence-corrected chi connectivity index (χ2v) is 3.09. The number of ether oxygens (including phenoxy) is 1. The van der Waals surface area contributed by atoms with Gasteiger partial charge in [0.2, 0.25) is 0 Å². The number of hydrogen-bond donors (Lipinski definition) is 1. The maximum atomic E-state index is 5.55. The van der Waals surface area contributed by atoms with Gasteiger partial charge in [-0.2, -0.15) is 0 Å². The molecule has 0 fully saturated rings. The summed E-state index contributed by atoms with van der Waals surface area (Å²) < 4.78 is 5.37. The summed E-state index contributed by atoms with van der Waals surface area (Å²) in [6, 6.07) is 0.279. The Morgan fingerprint density at radius 2 is 2.00 bits per heavy atom. The lowest BCUT2D eigenvalue weighted by Gasteiger charge is -2.05. The first-order chi connectivity index (χ1) is 5.27. The van der Waals surface area contributed by atoms with Crippen LogP contribution in [-0.2, 0) is 4.74 Å². The molecule has 0 heterocycles. The lowest BCUT2D eigenvalue weighted by atomic mass is 10.2. The Balaban J connectivity index is 2.80. The van der Waals surface area contributed by atoms with Crippen LogP contribution in [0.2, 0.25) is 0 Å². The van der Waals surface area contributed by atoms with Crippen LogP contribution in [0.5, 0.6) is 0 Å². The van der Waals surface area contributed by atoms with Crippen LogP contribution in [-0.4, -0.2) is 19.3 Å². The van der Waals surface area contributed by atoms with E-state index in [1.165, 1.54) is 19.3 Å². The molecule has 0 bridgehead atoms. The van der Waals surface area contributed by atoms with Gasteiger partial charge in [0.05, 0.1) is 0 Å². The van der Waals surface area contributed by atoms with Crippen LogP contribution in [0.4, 0.5) is 0 Å². The van der Waals surface area contributed by atoms with Crippen LogP contribution in [0.3, 0.4) is 0 Å². The summed E-state index contributed by atoms with van der Waals surface area (Å²) in [5.74, 6) is 0. The predicted molar refractivity (Wildman–Crippen MR) is 48.6 cm³/mol. The molecule has 2 N–H and O–H groups in total. The van der Waals surface area contributed by atoms with Gasteiger partial charge < -0.3 is 10.5 Å². The molecule has 0 aliphatic carbocycles. The van der Waals surface area contributed by atoms with E-state index >= 15 is 0 Å². The summed E-state index contributed by atoms with van der Waals surface area (Å²) in [6.07, 6.45) is 4.70. The number of rotatable bonds is 7. The molecule has 0 aromatic rings. The Hall–Kier alpha value is -0.0800. The zero-order valence-electron chi connectivity index (χ0n) is 7.81. The van der Waals surface area contributed by atoms with E-state index in [4.69, 9.17) is 10.5 Å². The summed E-state index contributed by atoms with van der Waals surface area (Å²) in [7, 11) is 0. The SMILES string of the molecule is CCCCCOCCC(C)N. The molecule has 0 spiro atoms. The maximum absolute atomic E-state index is 5.55. The highest BCUT2D eigenvalue weighted by Gasteiger charge is 1.93. The van der Waals surface area contributed by atoms with Gasteiger partial charge in [0.15, 0.2) is 0 Å². The minimum Gasteiger partial charge on any atom is -0.381 e. The van der Waals surface area contributed by atoms with Gasteiger partial charge in [-0.05, 0) is 19.8 Å². The fraction of sp³-hybridized carbons (Fsp3) is 1.00. The monoisotopic (exact) mass is 159 g/mol. The average molecular weight is 159 g/mol. The van der Waals surface area contributed by atoms with E-state index in [1.807, 2.05) is 6.92 Å². The van der Waals surface area contributed by atoms with Crippen LogP contribution in [0, 0.1) is 0 Å². The van der Waals surface area contributed by atoms with Crippen molar-refractivity contribution in [3.63, 3.8) is 0 Å². The van der Waals surface area contributed by atoms with E-state index in [0.29, 0.717) is 0 Å². The summed E-state index contributed by atoms with van der Waals surface area (Å²) in [5.41, 5.74) is 5.55. The van der Waals surface area contributed by atoms with Gasteiger partial charge in [0.1, 0.15) is 0 Å². The summed E-state index contributed by atoms with van der Waals surface area (Å²) in [5, 5.41) is 0. The second kappa shape index (κ2) is 8.02. The third-order valence-electron chi connectivity index (χ3n) is 1.61. The first-order valence-corrected chi connectivity index (χ1v) is 4.60. The number of nitrogens with two attached hydrogens (primary N) is 1. The van der Waals surface area contributed by atoms with Crippen molar-refractivity contribution in [3.8, 4) is 0 Å². The van der Waals surface area contributed by atoms with Crippen LogP contribution in [0.25, 0.3) is 0 Å². The molecule has 2 heteroatoms. The van der Waals surface area contributed by atoms with Gasteiger partial charge in [0, 0.05) is 19.3 Å². The molecule has 68 valence electrons. The normalized spacial score (nSPS) is 13.4. The molecule has 0 rings (SSSR count). The Labute approximate surface area is 70.1 Å². The van der Waals surface area contributed by atoms with Crippen molar-refractivity contribution in [3.05, 3.63) is 0 Å². The summed E-state index contributed by atoms with van der Waals surface area (Å²) >= 11 is 0. The number of hydrogen-bond acceptors (Lipinski definition) is 2. The van der Waals surface area contributed by atoms with E-state index < -0.39 is 0 Å². The Morgan fingerprint density at radius 1 is 1.27 bits per heavy atom. The molecule has 0 saturated heterocycles. The van der Waals surface area contributed by atoms with E-state index in [9.17, 15) is 0 Å². The lowest BCUT2D eigenvalue weighted by molar-refractivity contribution is 0.124. The molecule has 0 radical (unpaired) electrons. The standard InChI is InChI=1S/C9H21NO/c1-3-4-5-7-11-8-6-9(2)10/h9H,3-8,10H2,1-2H3. The van der Waals surface area contributed by atoms with Crippen LogP contribution >= 0.6 is 0 Å². The zero-order chi connectivity index (χ0) is 8.53. The highest BCUT2D eigenvalue weighted by atomic mass is 16.5. The molecule has 2 nitrogen and oxygen atoms in total. The van der Waals surface area contributed by atoms with Crippen LogP contribution in [0.15, 0.2) is 0 Å². The van der Waals surface area contributed by atoms with Crippen molar-refractivity contribution in [2.45, 2.75) is 45.6 Å². The fourth-order valence-corrected chi connectivity index (χ4v) is 0.825. The number of unbranched alkanes of at least 4 members (excludes halogenated alkanes) is 2. The van der Waals surface area contributed by atoms with Crippen LogP contribution in [0.1, 0.15) is 39.5 Å². The second-order valence-electron chi connectivity index (χ2n) is 3.09. The van der Waals surface area contributed by atoms with E-state index in [2.05, 4.69) is 6.92 Å². The van der Waals surface area contributed by atoms with Gasteiger partial charge in [0.25, 0.3) is 0 Å². The Kier molecular flexibility index (Phi) is 7.96. The Morgan fingerprint density at radius 3 is 2.55 bits per heavy atom. The van der Waals surface area contributed by atoms with Crippen molar-refractivity contribution in [1.29, 1.82) is 0 Å².